The molecule has 1 unspecified atom stereocenters. The van der Waals surface area contributed by atoms with E-state index in [1.54, 1.807) is 16.8 Å². The zero-order valence-corrected chi connectivity index (χ0v) is 19.7. The van der Waals surface area contributed by atoms with E-state index in [4.69, 9.17) is 4.74 Å². The number of hydrogen-bond donors (Lipinski definition) is 1. The molecule has 0 bridgehead atoms. The highest BCUT2D eigenvalue weighted by Gasteiger charge is 2.24. The third-order valence-electron chi connectivity index (χ3n) is 5.03. The van der Waals surface area contributed by atoms with Gasteiger partial charge in [-0.1, -0.05) is 6.07 Å². The number of rotatable bonds is 6. The number of halogens is 1. The van der Waals surface area contributed by atoms with E-state index < -0.39 is 0 Å². The van der Waals surface area contributed by atoms with Gasteiger partial charge < -0.3 is 19.5 Å². The molecule has 1 fully saturated rings. The highest BCUT2D eigenvalue weighted by atomic mass is 127. The van der Waals surface area contributed by atoms with Crippen LogP contribution in [0.4, 0.5) is 0 Å². The number of nitrogens with zero attached hydrogens (tertiary/aromatic N) is 5. The van der Waals surface area contributed by atoms with E-state index in [0.29, 0.717) is 6.61 Å². The van der Waals surface area contributed by atoms with Crippen LogP contribution in [0.3, 0.4) is 0 Å². The largest absolute Gasteiger partial charge is 0.370 e. The summed E-state index contributed by atoms with van der Waals surface area (Å²) in [5.41, 5.74) is 2.16. The molecule has 160 valence electrons. The predicted molar refractivity (Wildman–Crippen MR) is 125 cm³/mol. The van der Waals surface area contributed by atoms with Gasteiger partial charge in [0.2, 0.25) is 0 Å². The predicted octanol–water partition coefficient (Wildman–Crippen LogP) is 1.94. The van der Waals surface area contributed by atoms with Crippen LogP contribution < -0.4 is 10.9 Å². The van der Waals surface area contributed by atoms with Crippen molar-refractivity contribution in [1.29, 1.82) is 0 Å². The Kier molecular flexibility index (Phi) is 9.15. The number of guanidine groups is 1. The molecule has 8 nitrogen and oxygen atoms in total. The Morgan fingerprint density at radius 3 is 2.90 bits per heavy atom. The van der Waals surface area contributed by atoms with Gasteiger partial charge in [-0.2, -0.15) is 5.10 Å². The number of aryl methyl sites for hydroxylation is 2. The normalized spacial score (nSPS) is 17.1. The summed E-state index contributed by atoms with van der Waals surface area (Å²) in [4.78, 5) is 18.6. The molecule has 0 aromatic carbocycles. The van der Waals surface area contributed by atoms with E-state index in [2.05, 4.69) is 20.3 Å². The molecule has 29 heavy (non-hydrogen) atoms. The van der Waals surface area contributed by atoms with Crippen LogP contribution in [0.5, 0.6) is 0 Å². The summed E-state index contributed by atoms with van der Waals surface area (Å²) in [7, 11) is 3.72. The zero-order valence-electron chi connectivity index (χ0n) is 17.4. The fourth-order valence-corrected chi connectivity index (χ4v) is 3.49. The van der Waals surface area contributed by atoms with Crippen molar-refractivity contribution in [3.63, 3.8) is 0 Å². The summed E-state index contributed by atoms with van der Waals surface area (Å²) in [6.45, 7) is 5.77. The highest BCUT2D eigenvalue weighted by Crippen LogP contribution is 2.21. The van der Waals surface area contributed by atoms with Crippen molar-refractivity contribution in [1.82, 2.24) is 24.6 Å². The minimum atomic E-state index is 0. The lowest BCUT2D eigenvalue weighted by Crippen LogP contribution is -2.48. The van der Waals surface area contributed by atoms with E-state index >= 15 is 0 Å². The first-order valence-corrected chi connectivity index (χ1v) is 9.80. The molecule has 2 aromatic heterocycles. The molecule has 0 spiro atoms. The van der Waals surface area contributed by atoms with Crippen LogP contribution in [-0.2, 0) is 18.3 Å². The zero-order chi connectivity index (χ0) is 19.9. The smallest absolute Gasteiger partial charge is 0.250 e. The lowest BCUT2D eigenvalue weighted by atomic mass is 10.1. The van der Waals surface area contributed by atoms with Gasteiger partial charge in [-0.15, -0.1) is 24.0 Å². The summed E-state index contributed by atoms with van der Waals surface area (Å²) in [5, 5.41) is 7.68. The summed E-state index contributed by atoms with van der Waals surface area (Å²) >= 11 is 0. The van der Waals surface area contributed by atoms with Gasteiger partial charge >= 0.3 is 0 Å². The second-order valence-electron chi connectivity index (χ2n) is 7.09. The van der Waals surface area contributed by atoms with Crippen molar-refractivity contribution in [2.45, 2.75) is 32.4 Å². The van der Waals surface area contributed by atoms with Crippen LogP contribution >= 0.6 is 24.0 Å². The number of aromatic nitrogens is 3. The van der Waals surface area contributed by atoms with Crippen molar-refractivity contribution in [3.8, 4) is 0 Å². The van der Waals surface area contributed by atoms with Gasteiger partial charge in [-0.25, -0.2) is 0 Å². The highest BCUT2D eigenvalue weighted by molar-refractivity contribution is 14.0. The molecular formula is C20H31IN6O2. The van der Waals surface area contributed by atoms with Crippen molar-refractivity contribution in [3.05, 3.63) is 52.2 Å². The van der Waals surface area contributed by atoms with Crippen LogP contribution in [-0.4, -0.2) is 58.5 Å². The topological polar surface area (TPSA) is 76.7 Å². The van der Waals surface area contributed by atoms with E-state index in [0.717, 1.165) is 56.2 Å². The quantitative estimate of drug-likeness (QED) is 0.276. The maximum absolute atomic E-state index is 11.9. The minimum absolute atomic E-state index is 0. The monoisotopic (exact) mass is 514 g/mol. The Hall–Kier alpha value is -1.88. The molecule has 3 heterocycles. The van der Waals surface area contributed by atoms with Gasteiger partial charge in [0.05, 0.1) is 19.3 Å². The molecule has 1 aliphatic heterocycles. The Morgan fingerprint density at radius 2 is 2.21 bits per heavy atom. The summed E-state index contributed by atoms with van der Waals surface area (Å²) < 4.78 is 9.53. The maximum atomic E-state index is 11.9. The van der Waals surface area contributed by atoms with E-state index in [-0.39, 0.29) is 35.6 Å². The Morgan fingerprint density at radius 1 is 1.38 bits per heavy atom. The van der Waals surface area contributed by atoms with Crippen LogP contribution in [0.1, 0.15) is 30.2 Å². The fraction of sp³-hybridized carbons (Fsp3) is 0.550. The first-order chi connectivity index (χ1) is 13.6. The molecule has 0 radical (unpaired) electrons. The molecular weight excluding hydrogens is 483 g/mol. The lowest BCUT2D eigenvalue weighted by molar-refractivity contribution is -0.00802. The van der Waals surface area contributed by atoms with Crippen molar-refractivity contribution in [2.24, 2.45) is 12.0 Å². The summed E-state index contributed by atoms with van der Waals surface area (Å²) in [6.07, 6.45) is 5.77. The number of hydrogen-bond acceptors (Lipinski definition) is 4. The number of morpholine rings is 1. The van der Waals surface area contributed by atoms with Gasteiger partial charge in [0.25, 0.3) is 5.56 Å². The number of nitrogens with one attached hydrogen (secondary N) is 1. The van der Waals surface area contributed by atoms with Crippen LogP contribution in [0.25, 0.3) is 0 Å². The van der Waals surface area contributed by atoms with Crippen molar-refractivity contribution in [2.75, 3.05) is 33.3 Å². The Balaban J connectivity index is 0.00000300. The first-order valence-electron chi connectivity index (χ1n) is 9.80. The molecule has 3 rings (SSSR count). The van der Waals surface area contributed by atoms with Gasteiger partial charge in [0.15, 0.2) is 5.96 Å². The molecule has 0 saturated carbocycles. The third kappa shape index (κ3) is 6.30. The fourth-order valence-electron chi connectivity index (χ4n) is 3.49. The molecule has 2 aromatic rings. The minimum Gasteiger partial charge on any atom is -0.370 e. The van der Waals surface area contributed by atoms with Crippen molar-refractivity contribution < 1.29 is 4.74 Å². The van der Waals surface area contributed by atoms with E-state index in [9.17, 15) is 4.79 Å². The number of unbranched alkanes of at least 4 members (excludes halogenated alkanes) is 1. The molecule has 1 saturated heterocycles. The average molecular weight is 514 g/mol. The van der Waals surface area contributed by atoms with Crippen LogP contribution in [0.15, 0.2) is 40.4 Å². The first kappa shape index (κ1) is 23.4. The molecule has 1 aliphatic rings. The van der Waals surface area contributed by atoms with Crippen LogP contribution in [0, 0.1) is 6.92 Å². The molecule has 0 aliphatic carbocycles. The van der Waals surface area contributed by atoms with Gasteiger partial charge in [-0.3, -0.25) is 14.5 Å². The third-order valence-corrected chi connectivity index (χ3v) is 5.03. The molecule has 1 atom stereocenters. The molecule has 1 N–H and O–H groups in total. The standard InChI is InChI=1S/C20H30N6O2.HI/c1-16-7-6-8-19(27)26(16)10-5-4-9-22-20(21-2)25-11-12-28-18(15-25)17-13-23-24(3)14-17;/h6-8,13-14,18H,4-5,9-12,15H2,1-3H3,(H,21,22);1H. The van der Waals surface area contributed by atoms with Crippen LogP contribution in [0.2, 0.25) is 0 Å². The SMILES string of the molecule is CN=C(NCCCCn1c(C)cccc1=O)N1CCOC(c2cnn(C)c2)C1.I. The second kappa shape index (κ2) is 11.3. The van der Waals surface area contributed by atoms with Crippen molar-refractivity contribution >= 4 is 29.9 Å². The summed E-state index contributed by atoms with van der Waals surface area (Å²) in [5.74, 6) is 0.894. The van der Waals surface area contributed by atoms with Gasteiger partial charge in [-0.05, 0) is 25.8 Å². The van der Waals surface area contributed by atoms with E-state index in [1.807, 2.05) is 44.0 Å². The number of aliphatic imine (C=N–C) groups is 1. The maximum Gasteiger partial charge on any atom is 0.250 e. The molecule has 0 amide bonds. The number of pyridine rings is 1. The van der Waals surface area contributed by atoms with Gasteiger partial charge in [0.1, 0.15) is 6.10 Å². The Labute approximate surface area is 189 Å². The lowest BCUT2D eigenvalue weighted by Gasteiger charge is -2.34. The molecule has 9 heteroatoms. The van der Waals surface area contributed by atoms with E-state index in [1.165, 1.54) is 0 Å². The Bertz CT molecular complexity index is 863. The second-order valence-corrected chi connectivity index (χ2v) is 7.09. The summed E-state index contributed by atoms with van der Waals surface area (Å²) in [6, 6.07) is 5.39. The van der Waals surface area contributed by atoms with Gasteiger partial charge in [0, 0.05) is 57.3 Å². The average Bonchev–Trinajstić information content (AvgIpc) is 3.13. The number of ether oxygens (including phenoxy) is 1.